The highest BCUT2D eigenvalue weighted by Gasteiger charge is 2.28. The SMILES string of the molecule is CCCCCCC1=C(C)c2nc1cc1[nH]c(c(C)c1CCCCCC)c(-c1ccc(C(C)(C)C)cc1)c1[nH]c(cc3nc(c2-c2ccc(CO)cc2)C(C)=C3CCCCCC)c(CCCCCC)c1C. The van der Waals surface area contributed by atoms with Crippen molar-refractivity contribution in [3.05, 3.63) is 117 Å². The van der Waals surface area contributed by atoms with Gasteiger partial charge in [0.25, 0.3) is 0 Å². The van der Waals surface area contributed by atoms with Gasteiger partial charge in [-0.2, -0.15) is 0 Å². The summed E-state index contributed by atoms with van der Waals surface area (Å²) in [5.41, 5.74) is 26.6. The number of nitrogens with zero attached hydrogens (tertiary/aromatic N) is 2. The normalized spacial score (nSPS) is 13.1. The Morgan fingerprint density at radius 2 is 0.857 bits per heavy atom. The molecule has 2 aromatic carbocycles. The van der Waals surface area contributed by atoms with Crippen molar-refractivity contribution in [2.45, 2.75) is 217 Å². The summed E-state index contributed by atoms with van der Waals surface area (Å²) in [6, 6.07) is 22.8. The zero-order valence-electron chi connectivity index (χ0n) is 45.5. The molecule has 0 saturated heterocycles. The summed E-state index contributed by atoms with van der Waals surface area (Å²) in [4.78, 5) is 20.0. The molecule has 0 aliphatic carbocycles. The minimum atomic E-state index is 0.0109. The van der Waals surface area contributed by atoms with Crippen molar-refractivity contribution in [3.8, 4) is 22.3 Å². The first-order valence-corrected chi connectivity index (χ1v) is 27.9. The minimum Gasteiger partial charge on any atom is -0.392 e. The minimum absolute atomic E-state index is 0.0109. The van der Waals surface area contributed by atoms with Crippen molar-refractivity contribution >= 4 is 44.4 Å². The van der Waals surface area contributed by atoms with E-state index < -0.39 is 0 Å². The lowest BCUT2D eigenvalue weighted by Crippen LogP contribution is -2.10. The van der Waals surface area contributed by atoms with Crippen LogP contribution in [0.5, 0.6) is 0 Å². The summed E-state index contributed by atoms with van der Waals surface area (Å²) < 4.78 is 0. The molecule has 2 aliphatic rings. The molecule has 0 amide bonds. The molecule has 3 N–H and O–H groups in total. The van der Waals surface area contributed by atoms with Gasteiger partial charge in [-0.3, -0.25) is 0 Å². The third kappa shape index (κ3) is 11.8. The Labute approximate surface area is 423 Å². The number of aromatic amines is 2. The van der Waals surface area contributed by atoms with Gasteiger partial charge in [-0.15, -0.1) is 0 Å². The van der Waals surface area contributed by atoms with Crippen LogP contribution in [0.1, 0.15) is 234 Å². The lowest BCUT2D eigenvalue weighted by Gasteiger charge is -2.19. The van der Waals surface area contributed by atoms with Crippen molar-refractivity contribution in [2.24, 2.45) is 0 Å². The van der Waals surface area contributed by atoms with Crippen LogP contribution in [-0.4, -0.2) is 25.0 Å². The molecule has 5 heterocycles. The lowest BCUT2D eigenvalue weighted by molar-refractivity contribution is 0.282. The van der Waals surface area contributed by atoms with Gasteiger partial charge in [-0.1, -0.05) is 174 Å². The Kier molecular flexibility index (Phi) is 18.4. The number of unbranched alkanes of at least 4 members (excludes halogenated alkanes) is 12. The van der Waals surface area contributed by atoms with Crippen molar-refractivity contribution in [3.63, 3.8) is 0 Å². The Hall–Kier alpha value is -5.00. The highest BCUT2D eigenvalue weighted by atomic mass is 16.3. The lowest BCUT2D eigenvalue weighted by atomic mass is 9.86. The third-order valence-electron chi connectivity index (χ3n) is 15.6. The van der Waals surface area contributed by atoms with Crippen LogP contribution in [0.4, 0.5) is 0 Å². The number of fused-ring (bicyclic) bond motifs is 8. The van der Waals surface area contributed by atoms with E-state index in [1.807, 2.05) is 0 Å². The second kappa shape index (κ2) is 24.4. The molecule has 0 spiro atoms. The third-order valence-corrected chi connectivity index (χ3v) is 15.6. The number of aryl methyl sites for hydroxylation is 4. The molecular formula is C65H88N4O. The Balaban J connectivity index is 1.69. The van der Waals surface area contributed by atoms with Crippen molar-refractivity contribution in [1.29, 1.82) is 0 Å². The summed E-state index contributed by atoms with van der Waals surface area (Å²) in [6.45, 7) is 25.5. The summed E-state index contributed by atoms with van der Waals surface area (Å²) in [6.07, 6.45) is 23.2. The van der Waals surface area contributed by atoms with Crippen LogP contribution in [0.2, 0.25) is 0 Å². The first-order valence-electron chi connectivity index (χ1n) is 27.9. The van der Waals surface area contributed by atoms with E-state index in [9.17, 15) is 5.11 Å². The molecule has 374 valence electrons. The zero-order chi connectivity index (χ0) is 50.0. The van der Waals surface area contributed by atoms with E-state index >= 15 is 0 Å². The molecule has 0 atom stereocenters. The average molecular weight is 941 g/mol. The fraction of sp³-hybridized carbons (Fsp3) is 0.508. The molecule has 2 aliphatic heterocycles. The topological polar surface area (TPSA) is 77.6 Å². The number of aliphatic hydroxyl groups is 1. The summed E-state index contributed by atoms with van der Waals surface area (Å²) >= 11 is 0. The van der Waals surface area contributed by atoms with E-state index in [4.69, 9.17) is 9.97 Å². The quantitative estimate of drug-likeness (QED) is 0.0571. The van der Waals surface area contributed by atoms with Crippen LogP contribution in [0, 0.1) is 13.8 Å². The molecule has 5 aromatic rings. The van der Waals surface area contributed by atoms with Crippen LogP contribution < -0.4 is 0 Å². The molecular weight excluding hydrogens is 853 g/mol. The Morgan fingerprint density at radius 3 is 1.24 bits per heavy atom. The molecule has 70 heavy (non-hydrogen) atoms. The van der Waals surface area contributed by atoms with Gasteiger partial charge in [0.1, 0.15) is 0 Å². The van der Waals surface area contributed by atoms with E-state index in [1.54, 1.807) is 0 Å². The highest BCUT2D eigenvalue weighted by Crippen LogP contribution is 2.45. The maximum atomic E-state index is 10.2. The number of allylic oxidation sites excluding steroid dienone is 4. The second-order valence-corrected chi connectivity index (χ2v) is 21.9. The average Bonchev–Trinajstić information content (AvgIpc) is 4.03. The zero-order valence-corrected chi connectivity index (χ0v) is 45.5. The molecule has 5 heteroatoms. The second-order valence-electron chi connectivity index (χ2n) is 21.9. The fourth-order valence-electron chi connectivity index (χ4n) is 11.2. The Bertz CT molecular complexity index is 2660. The molecule has 0 saturated carbocycles. The number of rotatable bonds is 23. The van der Waals surface area contributed by atoms with E-state index in [0.717, 1.165) is 90.8 Å². The summed E-state index contributed by atoms with van der Waals surface area (Å²) in [5, 5.41) is 10.2. The van der Waals surface area contributed by atoms with Gasteiger partial charge in [0, 0.05) is 22.2 Å². The number of benzene rings is 2. The van der Waals surface area contributed by atoms with Gasteiger partial charge in [-0.05, 0) is 163 Å². The number of hydrogen-bond donors (Lipinski definition) is 3. The van der Waals surface area contributed by atoms with E-state index in [0.29, 0.717) is 0 Å². The largest absolute Gasteiger partial charge is 0.392 e. The molecule has 0 unspecified atom stereocenters. The van der Waals surface area contributed by atoms with Gasteiger partial charge in [0.2, 0.25) is 0 Å². The number of aliphatic hydroxyl groups excluding tert-OH is 1. The summed E-state index contributed by atoms with van der Waals surface area (Å²) in [5.74, 6) is 0. The van der Waals surface area contributed by atoms with Crippen LogP contribution in [0.3, 0.4) is 0 Å². The van der Waals surface area contributed by atoms with Gasteiger partial charge in [0.15, 0.2) is 0 Å². The number of hydrogen-bond acceptors (Lipinski definition) is 3. The predicted octanol–water partition coefficient (Wildman–Crippen LogP) is 19.1. The molecule has 0 fully saturated rings. The number of H-pyrrole nitrogens is 2. The number of nitrogens with one attached hydrogen (secondary N) is 2. The van der Waals surface area contributed by atoms with Crippen LogP contribution in [0.25, 0.3) is 66.6 Å². The standard InChI is InChI=1S/C65H88N4O/c1-12-16-20-24-28-51-43(5)61-59(48-34-32-47(42-70)33-35-48)62-44(6)52(29-25-21-17-13-2)56(67-62)41-58-54(31-27-23-19-15-4)46(8)64(69-58)60(49-36-38-50(39-37-49)65(9,10)11)63-45(7)53(30-26-22-18-14-3)57(68-63)40-55(51)66-61/h32-41,68-70H,12-31,42H2,1-11H3. The summed E-state index contributed by atoms with van der Waals surface area (Å²) in [7, 11) is 0. The first-order chi connectivity index (χ1) is 33.8. The van der Waals surface area contributed by atoms with E-state index in [-0.39, 0.29) is 12.0 Å². The van der Waals surface area contributed by atoms with Crippen molar-refractivity contribution in [1.82, 2.24) is 19.9 Å². The number of aromatic nitrogens is 4. The smallest absolute Gasteiger partial charge is 0.0769 e. The van der Waals surface area contributed by atoms with Crippen LogP contribution in [0.15, 0.2) is 60.7 Å². The van der Waals surface area contributed by atoms with Crippen molar-refractivity contribution < 1.29 is 5.11 Å². The monoisotopic (exact) mass is 941 g/mol. The molecule has 0 radical (unpaired) electrons. The maximum Gasteiger partial charge on any atom is 0.0769 e. The van der Waals surface area contributed by atoms with Gasteiger partial charge in [-0.25, -0.2) is 9.97 Å². The molecule has 5 nitrogen and oxygen atoms in total. The predicted molar refractivity (Wildman–Crippen MR) is 304 cm³/mol. The molecule has 3 aromatic heterocycles. The molecule has 8 bridgehead atoms. The first kappa shape index (κ1) is 52.8. The maximum absolute atomic E-state index is 10.2. The van der Waals surface area contributed by atoms with Crippen molar-refractivity contribution in [2.75, 3.05) is 0 Å². The van der Waals surface area contributed by atoms with Crippen LogP contribution >= 0.6 is 0 Å². The molecule has 7 rings (SSSR count). The Morgan fingerprint density at radius 1 is 0.471 bits per heavy atom. The fourth-order valence-corrected chi connectivity index (χ4v) is 11.2. The van der Waals surface area contributed by atoms with Crippen LogP contribution in [-0.2, 0) is 24.9 Å². The van der Waals surface area contributed by atoms with Gasteiger partial charge in [0.05, 0.1) is 40.4 Å². The van der Waals surface area contributed by atoms with E-state index in [2.05, 4.69) is 147 Å². The van der Waals surface area contributed by atoms with Gasteiger partial charge >= 0.3 is 0 Å². The van der Waals surface area contributed by atoms with E-state index in [1.165, 1.54) is 160 Å². The van der Waals surface area contributed by atoms with Gasteiger partial charge < -0.3 is 15.1 Å². The highest BCUT2D eigenvalue weighted by molar-refractivity contribution is 6.03.